The third kappa shape index (κ3) is 2.23. The van der Waals surface area contributed by atoms with Gasteiger partial charge in [-0.25, -0.2) is 4.98 Å². The lowest BCUT2D eigenvalue weighted by Gasteiger charge is -2.11. The SMILES string of the molecule is COc1ccc(N)cc1Oc1nccc2ccccc12. The lowest BCUT2D eigenvalue weighted by molar-refractivity contribution is 0.376. The highest BCUT2D eigenvalue weighted by Crippen LogP contribution is 2.34. The van der Waals surface area contributed by atoms with Crippen LogP contribution in [0.2, 0.25) is 0 Å². The Bertz CT molecular complexity index is 751. The van der Waals surface area contributed by atoms with Crippen molar-refractivity contribution in [3.8, 4) is 17.4 Å². The summed E-state index contributed by atoms with van der Waals surface area (Å²) in [6, 6.07) is 15.1. The molecular formula is C16H14N2O2. The smallest absolute Gasteiger partial charge is 0.227 e. The number of fused-ring (bicyclic) bond motifs is 1. The average molecular weight is 266 g/mol. The summed E-state index contributed by atoms with van der Waals surface area (Å²) >= 11 is 0. The first-order chi connectivity index (χ1) is 9.78. The number of nitrogens with zero attached hydrogens (tertiary/aromatic N) is 1. The Labute approximate surface area is 116 Å². The van der Waals surface area contributed by atoms with Gasteiger partial charge in [0.1, 0.15) is 0 Å². The number of aromatic nitrogens is 1. The van der Waals surface area contributed by atoms with Crippen LogP contribution >= 0.6 is 0 Å². The fourth-order valence-electron chi connectivity index (χ4n) is 2.05. The van der Waals surface area contributed by atoms with Gasteiger partial charge in [-0.1, -0.05) is 18.2 Å². The van der Waals surface area contributed by atoms with Crippen molar-refractivity contribution in [1.29, 1.82) is 0 Å². The van der Waals surface area contributed by atoms with Crippen molar-refractivity contribution in [1.82, 2.24) is 4.98 Å². The van der Waals surface area contributed by atoms with E-state index < -0.39 is 0 Å². The van der Waals surface area contributed by atoms with Crippen LogP contribution in [-0.4, -0.2) is 12.1 Å². The Morgan fingerprint density at radius 1 is 1.00 bits per heavy atom. The molecule has 0 atom stereocenters. The predicted molar refractivity (Wildman–Crippen MR) is 79.2 cm³/mol. The minimum absolute atomic E-state index is 0.534. The summed E-state index contributed by atoms with van der Waals surface area (Å²) in [6.45, 7) is 0. The molecule has 0 spiro atoms. The molecular weight excluding hydrogens is 252 g/mol. The molecule has 4 heteroatoms. The molecule has 0 bridgehead atoms. The lowest BCUT2D eigenvalue weighted by Crippen LogP contribution is -1.94. The molecule has 3 rings (SSSR count). The molecule has 100 valence electrons. The first kappa shape index (κ1) is 12.3. The van der Waals surface area contributed by atoms with Gasteiger partial charge in [0.15, 0.2) is 11.5 Å². The van der Waals surface area contributed by atoms with Crippen LogP contribution in [0.15, 0.2) is 54.7 Å². The van der Waals surface area contributed by atoms with Crippen molar-refractivity contribution in [3.05, 3.63) is 54.7 Å². The van der Waals surface area contributed by atoms with E-state index in [-0.39, 0.29) is 0 Å². The molecule has 0 radical (unpaired) electrons. The van der Waals surface area contributed by atoms with E-state index in [4.69, 9.17) is 15.2 Å². The van der Waals surface area contributed by atoms with Crippen LogP contribution in [0.4, 0.5) is 5.69 Å². The number of hydrogen-bond donors (Lipinski definition) is 1. The summed E-state index contributed by atoms with van der Waals surface area (Å²) in [7, 11) is 1.59. The Balaban J connectivity index is 2.07. The van der Waals surface area contributed by atoms with Gasteiger partial charge in [-0.2, -0.15) is 0 Å². The average Bonchev–Trinajstić information content (AvgIpc) is 2.48. The predicted octanol–water partition coefficient (Wildman–Crippen LogP) is 3.62. The fourth-order valence-corrected chi connectivity index (χ4v) is 2.05. The van der Waals surface area contributed by atoms with Crippen LogP contribution in [0, 0.1) is 0 Å². The summed E-state index contributed by atoms with van der Waals surface area (Å²) in [6.07, 6.45) is 1.72. The fraction of sp³-hybridized carbons (Fsp3) is 0.0625. The number of nitrogens with two attached hydrogens (primary N) is 1. The van der Waals surface area contributed by atoms with Crippen molar-refractivity contribution in [2.45, 2.75) is 0 Å². The molecule has 0 aliphatic rings. The number of methoxy groups -OCH3 is 1. The highest BCUT2D eigenvalue weighted by Gasteiger charge is 2.09. The summed E-state index contributed by atoms with van der Waals surface area (Å²) in [4.78, 5) is 4.29. The highest BCUT2D eigenvalue weighted by molar-refractivity contribution is 5.86. The molecule has 0 saturated carbocycles. The summed E-state index contributed by atoms with van der Waals surface area (Å²) < 4.78 is 11.2. The third-order valence-electron chi connectivity index (χ3n) is 3.03. The molecule has 0 aliphatic heterocycles. The second-order valence-electron chi connectivity index (χ2n) is 4.35. The van der Waals surface area contributed by atoms with Crippen LogP contribution < -0.4 is 15.2 Å². The van der Waals surface area contributed by atoms with Crippen LogP contribution in [0.3, 0.4) is 0 Å². The van der Waals surface area contributed by atoms with Gasteiger partial charge in [0.2, 0.25) is 5.88 Å². The minimum Gasteiger partial charge on any atom is -0.493 e. The van der Waals surface area contributed by atoms with E-state index in [0.717, 1.165) is 10.8 Å². The van der Waals surface area contributed by atoms with Gasteiger partial charge in [0, 0.05) is 23.3 Å². The molecule has 1 heterocycles. The van der Waals surface area contributed by atoms with Gasteiger partial charge in [-0.05, 0) is 29.7 Å². The number of ether oxygens (including phenoxy) is 2. The van der Waals surface area contributed by atoms with Gasteiger partial charge in [0.25, 0.3) is 0 Å². The van der Waals surface area contributed by atoms with Crippen LogP contribution in [0.25, 0.3) is 10.8 Å². The molecule has 20 heavy (non-hydrogen) atoms. The summed E-state index contributed by atoms with van der Waals surface area (Å²) in [5, 5.41) is 2.01. The molecule has 0 aliphatic carbocycles. The largest absolute Gasteiger partial charge is 0.493 e. The van der Waals surface area contributed by atoms with E-state index in [9.17, 15) is 0 Å². The van der Waals surface area contributed by atoms with E-state index in [1.807, 2.05) is 30.3 Å². The van der Waals surface area contributed by atoms with Crippen LogP contribution in [0.1, 0.15) is 0 Å². The number of benzene rings is 2. The van der Waals surface area contributed by atoms with E-state index >= 15 is 0 Å². The van der Waals surface area contributed by atoms with E-state index in [1.54, 1.807) is 31.5 Å². The zero-order valence-electron chi connectivity index (χ0n) is 11.0. The van der Waals surface area contributed by atoms with E-state index in [0.29, 0.717) is 23.1 Å². The molecule has 0 fully saturated rings. The number of hydrogen-bond acceptors (Lipinski definition) is 4. The van der Waals surface area contributed by atoms with Gasteiger partial charge >= 0.3 is 0 Å². The van der Waals surface area contributed by atoms with Crippen molar-refractivity contribution in [2.75, 3.05) is 12.8 Å². The number of rotatable bonds is 3. The molecule has 1 aromatic heterocycles. The molecule has 3 aromatic rings. The maximum absolute atomic E-state index is 5.88. The van der Waals surface area contributed by atoms with E-state index in [2.05, 4.69) is 4.98 Å². The van der Waals surface area contributed by atoms with Gasteiger partial charge in [0.05, 0.1) is 7.11 Å². The zero-order valence-corrected chi connectivity index (χ0v) is 11.0. The number of pyridine rings is 1. The first-order valence-electron chi connectivity index (χ1n) is 6.23. The maximum Gasteiger partial charge on any atom is 0.227 e. The van der Waals surface area contributed by atoms with Crippen molar-refractivity contribution in [3.63, 3.8) is 0 Å². The second kappa shape index (κ2) is 5.09. The number of anilines is 1. The highest BCUT2D eigenvalue weighted by atomic mass is 16.5. The maximum atomic E-state index is 5.88. The van der Waals surface area contributed by atoms with Gasteiger partial charge in [-0.3, -0.25) is 0 Å². The summed E-state index contributed by atoms with van der Waals surface area (Å²) in [5.74, 6) is 1.71. The van der Waals surface area contributed by atoms with Crippen LogP contribution in [-0.2, 0) is 0 Å². The minimum atomic E-state index is 0.534. The van der Waals surface area contributed by atoms with Crippen molar-refractivity contribution in [2.24, 2.45) is 0 Å². The van der Waals surface area contributed by atoms with Crippen LogP contribution in [0.5, 0.6) is 17.4 Å². The molecule has 0 amide bonds. The molecule has 0 saturated heterocycles. The lowest BCUT2D eigenvalue weighted by atomic mass is 10.2. The molecule has 0 unspecified atom stereocenters. The topological polar surface area (TPSA) is 57.4 Å². The van der Waals surface area contributed by atoms with Gasteiger partial charge in [-0.15, -0.1) is 0 Å². The second-order valence-corrected chi connectivity index (χ2v) is 4.35. The molecule has 2 N–H and O–H groups in total. The molecule has 4 nitrogen and oxygen atoms in total. The van der Waals surface area contributed by atoms with E-state index in [1.165, 1.54) is 0 Å². The third-order valence-corrected chi connectivity index (χ3v) is 3.03. The molecule has 2 aromatic carbocycles. The zero-order chi connectivity index (χ0) is 13.9. The quantitative estimate of drug-likeness (QED) is 0.736. The Morgan fingerprint density at radius 3 is 2.70 bits per heavy atom. The Morgan fingerprint density at radius 2 is 1.85 bits per heavy atom. The standard InChI is InChI=1S/C16H14N2O2/c1-19-14-7-6-12(17)10-15(14)20-16-13-5-3-2-4-11(13)8-9-18-16/h2-10H,17H2,1H3. The Hall–Kier alpha value is -2.75. The van der Waals surface area contributed by atoms with Crippen molar-refractivity contribution >= 4 is 16.5 Å². The van der Waals surface area contributed by atoms with Crippen molar-refractivity contribution < 1.29 is 9.47 Å². The normalized spacial score (nSPS) is 10.4. The van der Waals surface area contributed by atoms with Gasteiger partial charge < -0.3 is 15.2 Å². The monoisotopic (exact) mass is 266 g/mol. The first-order valence-corrected chi connectivity index (χ1v) is 6.23. The Kier molecular flexibility index (Phi) is 3.13. The summed E-state index contributed by atoms with van der Waals surface area (Å²) in [5.41, 5.74) is 6.40. The number of nitrogen functional groups attached to an aromatic ring is 1.